The number of ketones is 1. The van der Waals surface area contributed by atoms with E-state index in [0.717, 1.165) is 18.5 Å². The van der Waals surface area contributed by atoms with Gasteiger partial charge in [-0.2, -0.15) is 0 Å². The van der Waals surface area contributed by atoms with Crippen molar-refractivity contribution in [2.75, 3.05) is 11.9 Å². The molecule has 0 saturated carbocycles. The van der Waals surface area contributed by atoms with Gasteiger partial charge in [0.15, 0.2) is 5.78 Å². The SMILES string of the molecule is CCCC(C)N(C)c1ccc([N+](=O)[O-])cc1C(C)=O. The van der Waals surface area contributed by atoms with Crippen molar-refractivity contribution >= 4 is 17.2 Å². The fourth-order valence-electron chi connectivity index (χ4n) is 2.08. The van der Waals surface area contributed by atoms with Crippen LogP contribution in [0.3, 0.4) is 0 Å². The molecule has 0 aliphatic carbocycles. The highest BCUT2D eigenvalue weighted by molar-refractivity contribution is 6.00. The predicted octanol–water partition coefficient (Wildman–Crippen LogP) is 3.42. The van der Waals surface area contributed by atoms with Gasteiger partial charge >= 0.3 is 0 Å². The first kappa shape index (κ1) is 15.1. The highest BCUT2D eigenvalue weighted by Crippen LogP contribution is 2.27. The number of nitrogens with zero attached hydrogens (tertiary/aromatic N) is 2. The first-order valence-corrected chi connectivity index (χ1v) is 6.40. The van der Waals surface area contributed by atoms with E-state index in [1.807, 2.05) is 11.9 Å². The van der Waals surface area contributed by atoms with E-state index < -0.39 is 4.92 Å². The highest BCUT2D eigenvalue weighted by Gasteiger charge is 2.18. The largest absolute Gasteiger partial charge is 0.371 e. The molecular formula is C14H20N2O3. The molecule has 5 heteroatoms. The van der Waals surface area contributed by atoms with Gasteiger partial charge in [0.2, 0.25) is 0 Å². The molecule has 0 fully saturated rings. The Bertz CT molecular complexity index is 486. The molecule has 0 aliphatic rings. The third-order valence-corrected chi connectivity index (χ3v) is 3.32. The molecule has 1 rings (SSSR count). The summed E-state index contributed by atoms with van der Waals surface area (Å²) in [6.07, 6.45) is 2.05. The number of hydrogen-bond acceptors (Lipinski definition) is 4. The number of carbonyl (C=O) groups excluding carboxylic acids is 1. The molecular weight excluding hydrogens is 244 g/mol. The zero-order valence-electron chi connectivity index (χ0n) is 11.8. The zero-order chi connectivity index (χ0) is 14.6. The van der Waals surface area contributed by atoms with Crippen molar-refractivity contribution in [2.24, 2.45) is 0 Å². The second-order valence-electron chi connectivity index (χ2n) is 4.76. The van der Waals surface area contributed by atoms with Crippen LogP contribution in [0, 0.1) is 10.1 Å². The topological polar surface area (TPSA) is 63.4 Å². The molecule has 1 aromatic carbocycles. The summed E-state index contributed by atoms with van der Waals surface area (Å²) < 4.78 is 0. The van der Waals surface area contributed by atoms with E-state index in [-0.39, 0.29) is 17.5 Å². The van der Waals surface area contributed by atoms with Crippen LogP contribution in [0.25, 0.3) is 0 Å². The van der Waals surface area contributed by atoms with Crippen molar-refractivity contribution in [1.29, 1.82) is 0 Å². The molecule has 0 heterocycles. The minimum Gasteiger partial charge on any atom is -0.371 e. The van der Waals surface area contributed by atoms with Crippen molar-refractivity contribution in [3.63, 3.8) is 0 Å². The monoisotopic (exact) mass is 264 g/mol. The molecule has 0 bridgehead atoms. The number of carbonyl (C=O) groups is 1. The maximum Gasteiger partial charge on any atom is 0.270 e. The lowest BCUT2D eigenvalue weighted by Gasteiger charge is -2.28. The molecule has 1 aromatic rings. The first-order chi connectivity index (χ1) is 8.88. The lowest BCUT2D eigenvalue weighted by molar-refractivity contribution is -0.384. The van der Waals surface area contributed by atoms with Gasteiger partial charge < -0.3 is 4.90 Å². The third kappa shape index (κ3) is 3.53. The lowest BCUT2D eigenvalue weighted by atomic mass is 10.1. The first-order valence-electron chi connectivity index (χ1n) is 6.40. The Balaban J connectivity index is 3.20. The molecule has 0 spiro atoms. The lowest BCUT2D eigenvalue weighted by Crippen LogP contribution is -2.29. The molecule has 1 unspecified atom stereocenters. The fourth-order valence-corrected chi connectivity index (χ4v) is 2.08. The molecule has 0 N–H and O–H groups in total. The Morgan fingerprint density at radius 3 is 2.58 bits per heavy atom. The minimum atomic E-state index is -0.480. The molecule has 5 nitrogen and oxygen atoms in total. The second-order valence-corrected chi connectivity index (χ2v) is 4.76. The van der Waals surface area contributed by atoms with Gasteiger partial charge in [-0.1, -0.05) is 13.3 Å². The van der Waals surface area contributed by atoms with E-state index in [0.29, 0.717) is 5.56 Å². The highest BCUT2D eigenvalue weighted by atomic mass is 16.6. The normalized spacial score (nSPS) is 12.0. The van der Waals surface area contributed by atoms with Crippen molar-refractivity contribution in [3.05, 3.63) is 33.9 Å². The molecule has 0 aromatic heterocycles. The van der Waals surface area contributed by atoms with Gasteiger partial charge in [0, 0.05) is 36.5 Å². The molecule has 0 aliphatic heterocycles. The minimum absolute atomic E-state index is 0.0505. The molecule has 0 saturated heterocycles. The summed E-state index contributed by atoms with van der Waals surface area (Å²) in [7, 11) is 1.91. The molecule has 0 radical (unpaired) electrons. The standard InChI is InChI=1S/C14H20N2O3/c1-5-6-10(2)15(4)14-8-7-12(16(18)19)9-13(14)11(3)17/h7-10H,5-6H2,1-4H3. The van der Waals surface area contributed by atoms with E-state index in [2.05, 4.69) is 13.8 Å². The second kappa shape index (κ2) is 6.31. The number of non-ortho nitro benzene ring substituents is 1. The van der Waals surface area contributed by atoms with Gasteiger partial charge in [-0.3, -0.25) is 14.9 Å². The summed E-state index contributed by atoms with van der Waals surface area (Å²) >= 11 is 0. The summed E-state index contributed by atoms with van der Waals surface area (Å²) in [5.74, 6) is -0.158. The van der Waals surface area contributed by atoms with Crippen LogP contribution in [0.5, 0.6) is 0 Å². The van der Waals surface area contributed by atoms with Crippen LogP contribution in [-0.4, -0.2) is 23.8 Å². The van der Waals surface area contributed by atoms with E-state index in [1.165, 1.54) is 19.1 Å². The molecule has 1 atom stereocenters. The summed E-state index contributed by atoms with van der Waals surface area (Å²) in [6, 6.07) is 4.73. The van der Waals surface area contributed by atoms with Crippen LogP contribution in [0.1, 0.15) is 44.0 Å². The average Bonchev–Trinajstić information content (AvgIpc) is 2.37. The Hall–Kier alpha value is -1.91. The smallest absolute Gasteiger partial charge is 0.270 e. The van der Waals surface area contributed by atoms with Gasteiger partial charge in [-0.15, -0.1) is 0 Å². The van der Waals surface area contributed by atoms with E-state index in [9.17, 15) is 14.9 Å². The van der Waals surface area contributed by atoms with E-state index >= 15 is 0 Å². The number of nitro groups is 1. The van der Waals surface area contributed by atoms with Crippen LogP contribution in [0.4, 0.5) is 11.4 Å². The van der Waals surface area contributed by atoms with E-state index in [1.54, 1.807) is 6.07 Å². The van der Waals surface area contributed by atoms with Crippen LogP contribution < -0.4 is 4.90 Å². The van der Waals surface area contributed by atoms with Crippen LogP contribution in [-0.2, 0) is 0 Å². The number of hydrogen-bond donors (Lipinski definition) is 0. The van der Waals surface area contributed by atoms with Crippen LogP contribution >= 0.6 is 0 Å². The molecule has 19 heavy (non-hydrogen) atoms. The van der Waals surface area contributed by atoms with Gasteiger partial charge in [-0.25, -0.2) is 0 Å². The number of nitro benzene ring substituents is 1. The summed E-state index contributed by atoms with van der Waals surface area (Å²) in [4.78, 5) is 24.0. The predicted molar refractivity (Wildman–Crippen MR) is 75.9 cm³/mol. The molecule has 0 amide bonds. The Kier molecular flexibility index (Phi) is 5.03. The number of benzene rings is 1. The quantitative estimate of drug-likeness (QED) is 0.448. The Morgan fingerprint density at radius 2 is 2.11 bits per heavy atom. The number of Topliss-reactive ketones (excluding diaryl/α,β-unsaturated/α-hetero) is 1. The van der Waals surface area contributed by atoms with Gasteiger partial charge in [-0.05, 0) is 26.3 Å². The third-order valence-electron chi connectivity index (χ3n) is 3.32. The maximum atomic E-state index is 11.7. The van der Waals surface area contributed by atoms with Gasteiger partial charge in [0.1, 0.15) is 0 Å². The maximum absolute atomic E-state index is 11.7. The summed E-state index contributed by atoms with van der Waals surface area (Å²) in [6.45, 7) is 5.61. The van der Waals surface area contributed by atoms with Crippen molar-refractivity contribution < 1.29 is 9.72 Å². The Morgan fingerprint density at radius 1 is 1.47 bits per heavy atom. The summed E-state index contributed by atoms with van der Waals surface area (Å²) in [5.41, 5.74) is 1.10. The van der Waals surface area contributed by atoms with Gasteiger partial charge in [0.05, 0.1) is 4.92 Å². The number of rotatable bonds is 6. The zero-order valence-corrected chi connectivity index (χ0v) is 11.8. The van der Waals surface area contributed by atoms with Crippen molar-refractivity contribution in [2.45, 2.75) is 39.7 Å². The average molecular weight is 264 g/mol. The fraction of sp³-hybridized carbons (Fsp3) is 0.500. The summed E-state index contributed by atoms with van der Waals surface area (Å²) in [5, 5.41) is 10.8. The van der Waals surface area contributed by atoms with Crippen LogP contribution in [0.2, 0.25) is 0 Å². The van der Waals surface area contributed by atoms with E-state index in [4.69, 9.17) is 0 Å². The van der Waals surface area contributed by atoms with Crippen molar-refractivity contribution in [1.82, 2.24) is 0 Å². The molecule has 104 valence electrons. The van der Waals surface area contributed by atoms with Gasteiger partial charge in [0.25, 0.3) is 5.69 Å². The van der Waals surface area contributed by atoms with Crippen molar-refractivity contribution in [3.8, 4) is 0 Å². The Labute approximate surface area is 113 Å². The number of anilines is 1. The van der Waals surface area contributed by atoms with Crippen LogP contribution in [0.15, 0.2) is 18.2 Å².